The van der Waals surface area contributed by atoms with Gasteiger partial charge in [0.1, 0.15) is 0 Å². The van der Waals surface area contributed by atoms with E-state index in [0.717, 1.165) is 15.7 Å². The van der Waals surface area contributed by atoms with Crippen molar-refractivity contribution < 1.29 is 9.84 Å². The van der Waals surface area contributed by atoms with Crippen LogP contribution in [0, 0.1) is 6.92 Å². The summed E-state index contributed by atoms with van der Waals surface area (Å²) in [5, 5.41) is 10.0. The molecule has 98 valence electrons. The highest BCUT2D eigenvalue weighted by atomic mass is 79.9. The lowest BCUT2D eigenvalue weighted by Gasteiger charge is -2.06. The minimum atomic E-state index is 0.0853. The Kier molecular flexibility index (Phi) is 4.22. The highest BCUT2D eigenvalue weighted by Gasteiger charge is 2.07. The molecule has 3 nitrogen and oxygen atoms in total. The van der Waals surface area contributed by atoms with E-state index < -0.39 is 0 Å². The van der Waals surface area contributed by atoms with Crippen LogP contribution in [0.1, 0.15) is 11.1 Å². The number of aromatic hydroxyl groups is 1. The van der Waals surface area contributed by atoms with Crippen molar-refractivity contribution in [3.05, 3.63) is 52.0 Å². The Labute approximate surface area is 120 Å². The molecule has 0 fully saturated rings. The van der Waals surface area contributed by atoms with E-state index in [4.69, 9.17) is 4.74 Å². The van der Waals surface area contributed by atoms with Crippen molar-refractivity contribution in [3.63, 3.8) is 0 Å². The largest absolute Gasteiger partial charge is 0.504 e. The van der Waals surface area contributed by atoms with Crippen molar-refractivity contribution in [2.45, 2.75) is 6.92 Å². The quantitative estimate of drug-likeness (QED) is 0.860. The molecule has 2 aromatic carbocycles. The maximum atomic E-state index is 10.0. The fourth-order valence-corrected chi connectivity index (χ4v) is 2.16. The number of aliphatic imine (C=N–C) groups is 1. The molecule has 0 unspecified atom stereocenters. The standard InChI is InChI=1S/C15H14BrNO2/c1-10-4-3-5-13(6-10)17-9-11-7-12(16)8-14(19-2)15(11)18/h3-9,18H,1-2H3/b17-9+. The molecule has 1 N–H and O–H groups in total. The molecule has 19 heavy (non-hydrogen) atoms. The summed E-state index contributed by atoms with van der Waals surface area (Å²) in [6.45, 7) is 2.01. The van der Waals surface area contributed by atoms with Crippen LogP contribution in [0.4, 0.5) is 5.69 Å². The average molecular weight is 320 g/mol. The molecule has 0 heterocycles. The minimum Gasteiger partial charge on any atom is -0.504 e. The van der Waals surface area contributed by atoms with E-state index >= 15 is 0 Å². The zero-order valence-electron chi connectivity index (χ0n) is 10.7. The summed E-state index contributed by atoms with van der Waals surface area (Å²) in [4.78, 5) is 4.35. The predicted molar refractivity (Wildman–Crippen MR) is 80.8 cm³/mol. The first-order valence-corrected chi connectivity index (χ1v) is 6.56. The highest BCUT2D eigenvalue weighted by Crippen LogP contribution is 2.32. The van der Waals surface area contributed by atoms with Crippen LogP contribution in [0.25, 0.3) is 0 Å². The summed E-state index contributed by atoms with van der Waals surface area (Å²) in [7, 11) is 1.52. The van der Waals surface area contributed by atoms with Crippen LogP contribution in [0.3, 0.4) is 0 Å². The van der Waals surface area contributed by atoms with E-state index in [1.54, 1.807) is 18.3 Å². The summed E-state index contributed by atoms with van der Waals surface area (Å²) in [5.41, 5.74) is 2.59. The molecule has 2 aromatic rings. The van der Waals surface area contributed by atoms with Gasteiger partial charge in [0.25, 0.3) is 0 Å². The van der Waals surface area contributed by atoms with Gasteiger partial charge in [-0.25, -0.2) is 0 Å². The van der Waals surface area contributed by atoms with Crippen LogP contribution >= 0.6 is 15.9 Å². The second kappa shape index (κ2) is 5.89. The van der Waals surface area contributed by atoms with Crippen molar-refractivity contribution in [1.29, 1.82) is 0 Å². The number of rotatable bonds is 3. The number of ether oxygens (including phenoxy) is 1. The Hall–Kier alpha value is -1.81. The number of phenolic OH excluding ortho intramolecular Hbond substituents is 1. The van der Waals surface area contributed by atoms with Crippen LogP contribution < -0.4 is 4.74 Å². The summed E-state index contributed by atoms with van der Waals surface area (Å²) in [6, 6.07) is 11.3. The van der Waals surface area contributed by atoms with Crippen LogP contribution in [-0.4, -0.2) is 18.4 Å². The molecule has 2 rings (SSSR count). The van der Waals surface area contributed by atoms with Crippen LogP contribution in [-0.2, 0) is 0 Å². The van der Waals surface area contributed by atoms with Gasteiger partial charge in [-0.05, 0) is 36.8 Å². The van der Waals surface area contributed by atoms with Crippen molar-refractivity contribution in [2.24, 2.45) is 4.99 Å². The molecular formula is C15H14BrNO2. The number of hydrogen-bond acceptors (Lipinski definition) is 3. The van der Waals surface area contributed by atoms with Gasteiger partial charge in [0.05, 0.1) is 12.8 Å². The van der Waals surface area contributed by atoms with Crippen LogP contribution in [0.5, 0.6) is 11.5 Å². The Bertz CT molecular complexity index is 624. The van der Waals surface area contributed by atoms with Gasteiger partial charge in [0, 0.05) is 16.3 Å². The molecule has 0 spiro atoms. The van der Waals surface area contributed by atoms with Gasteiger partial charge in [0.15, 0.2) is 11.5 Å². The lowest BCUT2D eigenvalue weighted by Crippen LogP contribution is -1.89. The Morgan fingerprint density at radius 1 is 1.26 bits per heavy atom. The zero-order chi connectivity index (χ0) is 13.8. The topological polar surface area (TPSA) is 41.8 Å². The van der Waals surface area contributed by atoms with Gasteiger partial charge in [-0.3, -0.25) is 4.99 Å². The molecule has 0 saturated heterocycles. The normalized spacial score (nSPS) is 10.9. The molecule has 4 heteroatoms. The lowest BCUT2D eigenvalue weighted by molar-refractivity contribution is 0.373. The maximum absolute atomic E-state index is 10.0. The SMILES string of the molecule is COc1cc(Br)cc(/C=N/c2cccc(C)c2)c1O. The van der Waals surface area contributed by atoms with Gasteiger partial charge in [0.2, 0.25) is 0 Å². The van der Waals surface area contributed by atoms with Gasteiger partial charge in [-0.15, -0.1) is 0 Å². The molecule has 0 aliphatic heterocycles. The Balaban J connectivity index is 2.35. The summed E-state index contributed by atoms with van der Waals surface area (Å²) >= 11 is 3.37. The molecule has 0 aliphatic carbocycles. The highest BCUT2D eigenvalue weighted by molar-refractivity contribution is 9.10. The first kappa shape index (κ1) is 13.6. The number of hydrogen-bond donors (Lipinski definition) is 1. The minimum absolute atomic E-state index is 0.0853. The fourth-order valence-electron chi connectivity index (χ4n) is 1.70. The summed E-state index contributed by atoms with van der Waals surface area (Å²) < 4.78 is 5.92. The van der Waals surface area contributed by atoms with Gasteiger partial charge in [-0.1, -0.05) is 28.1 Å². The fraction of sp³-hybridized carbons (Fsp3) is 0.133. The number of phenols is 1. The third-order valence-corrected chi connectivity index (χ3v) is 3.10. The smallest absolute Gasteiger partial charge is 0.166 e. The number of benzene rings is 2. The first-order valence-electron chi connectivity index (χ1n) is 5.77. The van der Waals surface area contributed by atoms with Crippen LogP contribution in [0.15, 0.2) is 45.9 Å². The molecule has 0 aliphatic rings. The summed E-state index contributed by atoms with van der Waals surface area (Å²) in [5.74, 6) is 0.502. The first-order chi connectivity index (χ1) is 9.10. The van der Waals surface area contributed by atoms with Crippen LogP contribution in [0.2, 0.25) is 0 Å². The average Bonchev–Trinajstić information content (AvgIpc) is 2.39. The van der Waals surface area contributed by atoms with E-state index in [-0.39, 0.29) is 5.75 Å². The van der Waals surface area contributed by atoms with E-state index in [2.05, 4.69) is 20.9 Å². The van der Waals surface area contributed by atoms with E-state index in [1.807, 2.05) is 31.2 Å². The third-order valence-electron chi connectivity index (χ3n) is 2.64. The zero-order valence-corrected chi connectivity index (χ0v) is 12.3. The van der Waals surface area contributed by atoms with E-state index in [0.29, 0.717) is 11.3 Å². The van der Waals surface area contributed by atoms with Gasteiger partial charge < -0.3 is 9.84 Å². The number of nitrogens with zero attached hydrogens (tertiary/aromatic N) is 1. The molecule has 0 saturated carbocycles. The van der Waals surface area contributed by atoms with Crippen molar-refractivity contribution in [3.8, 4) is 11.5 Å². The molecule has 0 amide bonds. The molecular weight excluding hydrogens is 306 g/mol. The predicted octanol–water partition coefficient (Wildman–Crippen LogP) is 4.22. The second-order valence-electron chi connectivity index (χ2n) is 4.14. The molecule has 0 radical (unpaired) electrons. The van der Waals surface area contributed by atoms with Gasteiger partial charge in [-0.2, -0.15) is 0 Å². The van der Waals surface area contributed by atoms with Crippen molar-refractivity contribution in [1.82, 2.24) is 0 Å². The summed E-state index contributed by atoms with van der Waals surface area (Å²) in [6.07, 6.45) is 1.62. The maximum Gasteiger partial charge on any atom is 0.166 e. The van der Waals surface area contributed by atoms with Crippen molar-refractivity contribution in [2.75, 3.05) is 7.11 Å². The lowest BCUT2D eigenvalue weighted by atomic mass is 10.2. The monoisotopic (exact) mass is 319 g/mol. The van der Waals surface area contributed by atoms with E-state index in [9.17, 15) is 5.11 Å². The Morgan fingerprint density at radius 3 is 2.74 bits per heavy atom. The number of halogens is 1. The van der Waals surface area contributed by atoms with E-state index in [1.165, 1.54) is 7.11 Å². The number of methoxy groups -OCH3 is 1. The third kappa shape index (κ3) is 3.35. The number of aryl methyl sites for hydroxylation is 1. The molecule has 0 atom stereocenters. The molecule has 0 aromatic heterocycles. The Morgan fingerprint density at radius 2 is 2.05 bits per heavy atom. The molecule has 0 bridgehead atoms. The van der Waals surface area contributed by atoms with Gasteiger partial charge >= 0.3 is 0 Å². The second-order valence-corrected chi connectivity index (χ2v) is 5.06. The van der Waals surface area contributed by atoms with Crippen molar-refractivity contribution >= 4 is 27.8 Å².